The second-order valence-corrected chi connectivity index (χ2v) is 4.45. The molecule has 86 valence electrons. The van der Waals surface area contributed by atoms with E-state index >= 15 is 0 Å². The van der Waals surface area contributed by atoms with E-state index in [9.17, 15) is 8.78 Å². The minimum Gasteiger partial charge on any atom is -0.257 e. The van der Waals surface area contributed by atoms with Crippen LogP contribution in [-0.4, -0.2) is 12.1 Å². The Morgan fingerprint density at radius 2 is 2.06 bits per heavy atom. The Balaban J connectivity index is 2.34. The number of aliphatic imine (C=N–C) groups is 1. The number of halogens is 2. The molecule has 2 rings (SSSR count). The van der Waals surface area contributed by atoms with Gasteiger partial charge in [0.05, 0.1) is 5.69 Å². The highest BCUT2D eigenvalue weighted by Crippen LogP contribution is 2.33. The molecule has 0 amide bonds. The Labute approximate surface area is 94.2 Å². The first-order valence-corrected chi connectivity index (χ1v) is 5.54. The summed E-state index contributed by atoms with van der Waals surface area (Å²) in [7, 11) is 0. The fourth-order valence-corrected chi connectivity index (χ4v) is 1.97. The Hall–Kier alpha value is -1.25. The van der Waals surface area contributed by atoms with Crippen LogP contribution in [0.5, 0.6) is 0 Å². The molecule has 0 aliphatic carbocycles. The van der Waals surface area contributed by atoms with Crippen molar-refractivity contribution >= 4 is 11.4 Å². The van der Waals surface area contributed by atoms with E-state index in [4.69, 9.17) is 0 Å². The van der Waals surface area contributed by atoms with Crippen LogP contribution in [0.25, 0.3) is 0 Å². The van der Waals surface area contributed by atoms with Crippen molar-refractivity contribution in [2.24, 2.45) is 10.9 Å². The van der Waals surface area contributed by atoms with Gasteiger partial charge in [0.15, 0.2) is 0 Å². The van der Waals surface area contributed by atoms with Gasteiger partial charge in [0.25, 0.3) is 0 Å². The summed E-state index contributed by atoms with van der Waals surface area (Å²) in [5.74, 6) is 0.381. The van der Waals surface area contributed by atoms with Crippen molar-refractivity contribution < 1.29 is 8.78 Å². The van der Waals surface area contributed by atoms with Crippen LogP contribution in [0.2, 0.25) is 0 Å². The summed E-state index contributed by atoms with van der Waals surface area (Å²) in [6, 6.07) is 5.57. The maximum Gasteiger partial charge on any atom is 0.242 e. The van der Waals surface area contributed by atoms with Crippen LogP contribution in [-0.2, 0) is 12.8 Å². The monoisotopic (exact) mass is 223 g/mol. The fourth-order valence-electron chi connectivity index (χ4n) is 1.97. The lowest BCUT2D eigenvalue weighted by molar-refractivity contribution is 0.149. The first-order valence-electron chi connectivity index (χ1n) is 5.54. The molecular formula is C13H15F2N. The molecule has 0 aromatic heterocycles. The van der Waals surface area contributed by atoms with Crippen molar-refractivity contribution in [2.45, 2.75) is 33.1 Å². The van der Waals surface area contributed by atoms with E-state index in [1.54, 1.807) is 6.07 Å². The molecular weight excluding hydrogens is 208 g/mol. The van der Waals surface area contributed by atoms with E-state index in [1.807, 2.05) is 12.1 Å². The third kappa shape index (κ3) is 2.13. The van der Waals surface area contributed by atoms with E-state index in [-0.39, 0.29) is 6.42 Å². The topological polar surface area (TPSA) is 12.4 Å². The number of alkyl halides is 2. The minimum absolute atomic E-state index is 0.196. The van der Waals surface area contributed by atoms with E-state index in [2.05, 4.69) is 18.8 Å². The lowest BCUT2D eigenvalue weighted by Gasteiger charge is -2.04. The molecule has 0 saturated heterocycles. The number of para-hydroxylation sites is 1. The minimum atomic E-state index is -2.30. The molecule has 1 aliphatic heterocycles. The van der Waals surface area contributed by atoms with Crippen LogP contribution in [0, 0.1) is 5.92 Å². The van der Waals surface area contributed by atoms with Crippen LogP contribution in [0.1, 0.15) is 25.0 Å². The third-order valence-corrected chi connectivity index (χ3v) is 2.87. The van der Waals surface area contributed by atoms with Crippen molar-refractivity contribution in [1.29, 1.82) is 0 Å². The maximum atomic E-state index is 12.4. The predicted octanol–water partition coefficient (Wildman–Crippen LogP) is 3.78. The average Bonchev–Trinajstić information content (AvgIpc) is 2.61. The van der Waals surface area contributed by atoms with Gasteiger partial charge in [0.1, 0.15) is 0 Å². The highest BCUT2D eigenvalue weighted by Gasteiger charge is 2.20. The zero-order valence-corrected chi connectivity index (χ0v) is 9.50. The predicted molar refractivity (Wildman–Crippen MR) is 61.8 cm³/mol. The van der Waals surface area contributed by atoms with Gasteiger partial charge < -0.3 is 0 Å². The summed E-state index contributed by atoms with van der Waals surface area (Å²) >= 11 is 0. The van der Waals surface area contributed by atoms with Crippen molar-refractivity contribution in [1.82, 2.24) is 0 Å². The second-order valence-electron chi connectivity index (χ2n) is 4.45. The molecule has 0 unspecified atom stereocenters. The van der Waals surface area contributed by atoms with Crippen molar-refractivity contribution in [3.8, 4) is 0 Å². The fraction of sp³-hybridized carbons (Fsp3) is 0.462. The van der Waals surface area contributed by atoms with Gasteiger partial charge in [-0.15, -0.1) is 0 Å². The number of rotatable bonds is 3. The average molecular weight is 223 g/mol. The molecule has 1 nitrogen and oxygen atoms in total. The number of benzene rings is 1. The molecule has 0 N–H and O–H groups in total. The first kappa shape index (κ1) is 11.2. The second kappa shape index (κ2) is 4.32. The molecule has 0 atom stereocenters. The Morgan fingerprint density at radius 1 is 1.31 bits per heavy atom. The van der Waals surface area contributed by atoms with Gasteiger partial charge in [-0.2, -0.15) is 0 Å². The molecule has 1 aromatic carbocycles. The molecule has 0 saturated carbocycles. The summed E-state index contributed by atoms with van der Waals surface area (Å²) < 4.78 is 24.8. The molecule has 1 heterocycles. The van der Waals surface area contributed by atoms with Gasteiger partial charge in [-0.25, -0.2) is 8.78 Å². The lowest BCUT2D eigenvalue weighted by atomic mass is 10.0. The van der Waals surface area contributed by atoms with E-state index in [0.717, 1.165) is 23.4 Å². The zero-order valence-electron chi connectivity index (χ0n) is 9.50. The number of hydrogen-bond donors (Lipinski definition) is 0. The molecule has 1 aromatic rings. The molecule has 16 heavy (non-hydrogen) atoms. The Morgan fingerprint density at radius 3 is 2.69 bits per heavy atom. The smallest absolute Gasteiger partial charge is 0.242 e. The van der Waals surface area contributed by atoms with Gasteiger partial charge in [-0.1, -0.05) is 32.0 Å². The first-order chi connectivity index (χ1) is 7.58. The number of nitrogens with zero attached hydrogens (tertiary/aromatic N) is 1. The Bertz CT molecular complexity index is 422. The molecule has 0 fully saturated rings. The highest BCUT2D eigenvalue weighted by molar-refractivity contribution is 5.95. The van der Waals surface area contributed by atoms with Gasteiger partial charge in [-0.05, 0) is 17.0 Å². The summed E-state index contributed by atoms with van der Waals surface area (Å²) in [4.78, 5) is 4.49. The Kier molecular flexibility index (Phi) is 3.03. The normalized spacial score (nSPS) is 14.5. The summed E-state index contributed by atoms with van der Waals surface area (Å²) in [6.07, 6.45) is -1.69. The summed E-state index contributed by atoms with van der Waals surface area (Å²) in [5, 5.41) is 0. The zero-order chi connectivity index (χ0) is 11.7. The van der Waals surface area contributed by atoms with Crippen molar-refractivity contribution in [3.05, 3.63) is 29.3 Å². The van der Waals surface area contributed by atoms with Gasteiger partial charge in [0.2, 0.25) is 6.43 Å². The molecule has 0 radical (unpaired) electrons. The number of fused-ring (bicyclic) bond motifs is 1. The van der Waals surface area contributed by atoms with E-state index in [1.165, 1.54) is 0 Å². The molecule has 0 bridgehead atoms. The van der Waals surface area contributed by atoms with Crippen molar-refractivity contribution in [2.75, 3.05) is 0 Å². The molecule has 0 spiro atoms. The van der Waals surface area contributed by atoms with Crippen LogP contribution < -0.4 is 0 Å². The summed E-state index contributed by atoms with van der Waals surface area (Å²) in [5.41, 5.74) is 3.63. The van der Waals surface area contributed by atoms with E-state index in [0.29, 0.717) is 11.5 Å². The van der Waals surface area contributed by atoms with Crippen LogP contribution >= 0.6 is 0 Å². The third-order valence-electron chi connectivity index (χ3n) is 2.87. The quantitative estimate of drug-likeness (QED) is 0.739. The summed E-state index contributed by atoms with van der Waals surface area (Å²) in [6.45, 7) is 4.16. The molecule has 1 aliphatic rings. The number of hydrogen-bond acceptors (Lipinski definition) is 1. The standard InChI is InChI=1S/C13H15F2N/c1-8(2)11-6-9-4-3-5-10(7-12(14)15)13(9)16-11/h3-5,8,12H,6-7H2,1-2H3. The van der Waals surface area contributed by atoms with Gasteiger partial charge in [-0.3, -0.25) is 4.99 Å². The maximum absolute atomic E-state index is 12.4. The largest absolute Gasteiger partial charge is 0.257 e. The van der Waals surface area contributed by atoms with E-state index < -0.39 is 6.43 Å². The SMILES string of the molecule is CC(C)C1=Nc2c(cccc2CC(F)F)C1. The van der Waals surface area contributed by atoms with Crippen molar-refractivity contribution in [3.63, 3.8) is 0 Å². The molecule has 3 heteroatoms. The lowest BCUT2D eigenvalue weighted by Crippen LogP contribution is -2.06. The van der Waals surface area contributed by atoms with Gasteiger partial charge in [0, 0.05) is 18.6 Å². The van der Waals surface area contributed by atoms with Crippen LogP contribution in [0.3, 0.4) is 0 Å². The highest BCUT2D eigenvalue weighted by atomic mass is 19.3. The van der Waals surface area contributed by atoms with Crippen LogP contribution in [0.15, 0.2) is 23.2 Å². The van der Waals surface area contributed by atoms with Crippen LogP contribution in [0.4, 0.5) is 14.5 Å². The van der Waals surface area contributed by atoms with Gasteiger partial charge >= 0.3 is 0 Å².